The maximum absolute atomic E-state index is 6.72. The second-order valence-corrected chi connectivity index (χ2v) is 15.3. The van der Waals surface area contributed by atoms with E-state index in [1.165, 1.54) is 48.7 Å². The fourth-order valence-corrected chi connectivity index (χ4v) is 9.19. The number of benzene rings is 5. The summed E-state index contributed by atoms with van der Waals surface area (Å²) < 4.78 is 6.72. The molecule has 2 aliphatic carbocycles. The zero-order valence-electron chi connectivity index (χ0n) is 30.5. The van der Waals surface area contributed by atoms with Gasteiger partial charge in [0.05, 0.1) is 0 Å². The fourth-order valence-electron chi connectivity index (χ4n) is 8.14. The van der Waals surface area contributed by atoms with Crippen LogP contribution in [0.2, 0.25) is 0 Å². The van der Waals surface area contributed by atoms with Crippen LogP contribution >= 0.6 is 11.8 Å². The van der Waals surface area contributed by atoms with Crippen LogP contribution in [0, 0.1) is 0 Å². The summed E-state index contributed by atoms with van der Waals surface area (Å²) >= 11 is 1.93. The summed E-state index contributed by atoms with van der Waals surface area (Å²) in [6, 6.07) is 39.4. The van der Waals surface area contributed by atoms with Crippen molar-refractivity contribution in [1.82, 2.24) is 0 Å². The van der Waals surface area contributed by atoms with Crippen molar-refractivity contribution >= 4 is 62.1 Å². The molecule has 2 heteroatoms. The van der Waals surface area contributed by atoms with E-state index in [4.69, 9.17) is 11.0 Å². The molecule has 6 aromatic rings. The second kappa shape index (κ2) is 14.9. The molecule has 1 nitrogen and oxygen atoms in total. The Labute approximate surface area is 322 Å². The third kappa shape index (κ3) is 6.42. The van der Waals surface area contributed by atoms with Crippen molar-refractivity contribution in [2.24, 2.45) is 0 Å². The maximum atomic E-state index is 6.72. The molecule has 0 radical (unpaired) electrons. The molecular formula is C52H42OS. The topological polar surface area (TPSA) is 13.1 Å². The van der Waals surface area contributed by atoms with Crippen molar-refractivity contribution < 1.29 is 4.42 Å². The Morgan fingerprint density at radius 2 is 1.37 bits per heavy atom. The number of rotatable bonds is 5. The Hall–Kier alpha value is -5.83. The highest BCUT2D eigenvalue weighted by molar-refractivity contribution is 7.99. The minimum Gasteiger partial charge on any atom is -0.455 e. The summed E-state index contributed by atoms with van der Waals surface area (Å²) in [5.41, 5.74) is 14.9. The van der Waals surface area contributed by atoms with E-state index in [-0.39, 0.29) is 0 Å². The van der Waals surface area contributed by atoms with Gasteiger partial charge in [0.15, 0.2) is 0 Å². The third-order valence-electron chi connectivity index (χ3n) is 11.0. The normalized spacial score (nSPS) is 19.9. The Bertz CT molecular complexity index is 2770. The first kappa shape index (κ1) is 34.0. The maximum Gasteiger partial charge on any atom is 0.142 e. The van der Waals surface area contributed by atoms with Crippen molar-refractivity contribution in [1.29, 1.82) is 0 Å². The number of para-hydroxylation sites is 1. The lowest BCUT2D eigenvalue weighted by molar-refractivity contribution is 0.667. The van der Waals surface area contributed by atoms with E-state index in [1.54, 1.807) is 0 Å². The number of hydrogen-bond donors (Lipinski definition) is 0. The molecule has 1 aromatic heterocycles. The summed E-state index contributed by atoms with van der Waals surface area (Å²) in [4.78, 5) is 1.32. The molecule has 0 spiro atoms. The molecule has 3 aliphatic rings. The summed E-state index contributed by atoms with van der Waals surface area (Å²) in [6.07, 6.45) is 23.1. The molecule has 54 heavy (non-hydrogen) atoms. The minimum absolute atomic E-state index is 0.819. The number of fused-ring (bicyclic) bond motifs is 7. The van der Waals surface area contributed by atoms with E-state index < -0.39 is 0 Å². The van der Waals surface area contributed by atoms with Gasteiger partial charge in [-0.25, -0.2) is 0 Å². The Morgan fingerprint density at radius 3 is 2.22 bits per heavy atom. The van der Waals surface area contributed by atoms with Crippen LogP contribution in [0.15, 0.2) is 185 Å². The van der Waals surface area contributed by atoms with Gasteiger partial charge in [-0.2, -0.15) is 0 Å². The summed E-state index contributed by atoms with van der Waals surface area (Å²) in [7, 11) is 0. The molecule has 9 rings (SSSR count). The molecule has 1 aliphatic heterocycles. The van der Waals surface area contributed by atoms with Gasteiger partial charge in [-0.15, -0.1) is 11.8 Å². The highest BCUT2D eigenvalue weighted by Gasteiger charge is 2.20. The first-order valence-corrected chi connectivity index (χ1v) is 20.0. The summed E-state index contributed by atoms with van der Waals surface area (Å²) in [6.45, 7) is 9.44. The largest absolute Gasteiger partial charge is 0.455 e. The molecule has 0 saturated heterocycles. The van der Waals surface area contributed by atoms with Crippen LogP contribution < -0.4 is 10.4 Å². The molecule has 5 aromatic carbocycles. The summed E-state index contributed by atoms with van der Waals surface area (Å²) in [5.74, 6) is 0.819. The van der Waals surface area contributed by atoms with Crippen LogP contribution in [0.3, 0.4) is 0 Å². The standard InChI is InChI=1S/C52H42OS/c1-35(37-18-6-5-7-19-37)41-22-11-12-23-42(41)36(2)43-21-8-3-4-9-24-44(46-26-14-13-25-45(43)46)40-33-49-38(32-39-20-10-17-29-51(39)54-34-40)30-31-48-47-27-15-16-28-50(47)53-52(48)49/h5-6,8-18,20-31,33H,1-4,7,19,32,34H2/b21-8+,24-9+,40-33-,45-43+,46-44+. The second-order valence-electron chi connectivity index (χ2n) is 14.3. The lowest BCUT2D eigenvalue weighted by atomic mass is 9.85. The smallest absolute Gasteiger partial charge is 0.142 e. The monoisotopic (exact) mass is 714 g/mol. The van der Waals surface area contributed by atoms with E-state index in [1.807, 2.05) is 11.8 Å². The molecular weight excluding hydrogens is 673 g/mol. The van der Waals surface area contributed by atoms with Gasteiger partial charge < -0.3 is 4.42 Å². The lowest BCUT2D eigenvalue weighted by Crippen LogP contribution is -2.29. The fraction of sp³-hybridized carbons (Fsp3) is 0.115. The summed E-state index contributed by atoms with van der Waals surface area (Å²) in [5, 5.41) is 4.68. The molecule has 2 heterocycles. The quantitative estimate of drug-likeness (QED) is 0.176. The first-order valence-electron chi connectivity index (χ1n) is 19.0. The Kier molecular flexibility index (Phi) is 9.37. The van der Waals surface area contributed by atoms with E-state index in [2.05, 4.69) is 164 Å². The van der Waals surface area contributed by atoms with Gasteiger partial charge in [0, 0.05) is 27.0 Å². The van der Waals surface area contributed by atoms with Crippen molar-refractivity contribution in [3.63, 3.8) is 0 Å². The van der Waals surface area contributed by atoms with Gasteiger partial charge in [0.1, 0.15) is 11.2 Å². The van der Waals surface area contributed by atoms with Crippen LogP contribution in [0.5, 0.6) is 0 Å². The number of thioether (sulfide) groups is 1. The molecule has 0 unspecified atom stereocenters. The highest BCUT2D eigenvalue weighted by Crippen LogP contribution is 2.39. The van der Waals surface area contributed by atoms with Crippen LogP contribution in [0.1, 0.15) is 53.5 Å². The molecule has 0 amide bonds. The molecule has 0 fully saturated rings. The lowest BCUT2D eigenvalue weighted by Gasteiger charge is -2.19. The third-order valence-corrected chi connectivity index (χ3v) is 12.1. The van der Waals surface area contributed by atoms with Gasteiger partial charge >= 0.3 is 0 Å². The SMILES string of the molecule is C=C(C1=CC=CCC1)c1ccccc1C(=C)C1=c2/cccc/c2=C(\C2=C/c3c(ccc4c3oc3ccccc34)Cc3ccccc3SC2)/C=C/CC/C=C/1. The Balaban J connectivity index is 1.30. The minimum atomic E-state index is 0.819. The average Bonchev–Trinajstić information content (AvgIpc) is 3.63. The van der Waals surface area contributed by atoms with Gasteiger partial charge in [-0.1, -0.05) is 153 Å². The molecule has 0 saturated carbocycles. The van der Waals surface area contributed by atoms with Crippen LogP contribution in [0.4, 0.5) is 0 Å². The number of allylic oxidation sites excluding steroid dienone is 10. The first-order chi connectivity index (χ1) is 26.6. The number of furan rings is 1. The zero-order chi connectivity index (χ0) is 36.4. The van der Waals surface area contributed by atoms with E-state index >= 15 is 0 Å². The van der Waals surface area contributed by atoms with Gasteiger partial charge in [0.25, 0.3) is 0 Å². The van der Waals surface area contributed by atoms with Crippen molar-refractivity contribution in [3.05, 3.63) is 214 Å². The molecule has 262 valence electrons. The van der Waals surface area contributed by atoms with E-state index in [9.17, 15) is 0 Å². The predicted octanol–water partition coefficient (Wildman–Crippen LogP) is 12.6. The van der Waals surface area contributed by atoms with Crippen LogP contribution in [-0.4, -0.2) is 5.75 Å². The van der Waals surface area contributed by atoms with E-state index in [0.717, 1.165) is 87.6 Å². The number of hydrogen-bond acceptors (Lipinski definition) is 2. The predicted molar refractivity (Wildman–Crippen MR) is 233 cm³/mol. The zero-order valence-corrected chi connectivity index (χ0v) is 31.3. The van der Waals surface area contributed by atoms with Gasteiger partial charge in [0.2, 0.25) is 0 Å². The Morgan fingerprint density at radius 1 is 0.630 bits per heavy atom. The highest BCUT2D eigenvalue weighted by atomic mass is 32.2. The van der Waals surface area contributed by atoms with Crippen molar-refractivity contribution in [3.8, 4) is 0 Å². The van der Waals surface area contributed by atoms with Gasteiger partial charge in [-0.3, -0.25) is 0 Å². The van der Waals surface area contributed by atoms with Crippen LogP contribution in [-0.2, 0) is 6.42 Å². The van der Waals surface area contributed by atoms with E-state index in [0.29, 0.717) is 0 Å². The van der Waals surface area contributed by atoms with Gasteiger partial charge in [-0.05, 0) is 116 Å². The van der Waals surface area contributed by atoms with Crippen molar-refractivity contribution in [2.45, 2.75) is 37.0 Å². The van der Waals surface area contributed by atoms with Crippen molar-refractivity contribution in [2.75, 3.05) is 5.75 Å². The average molecular weight is 715 g/mol. The molecule has 0 atom stereocenters. The molecule has 0 bridgehead atoms. The van der Waals surface area contributed by atoms with Crippen LogP contribution in [0.25, 0.3) is 50.3 Å². The molecule has 0 N–H and O–H groups in total.